The van der Waals surface area contributed by atoms with Gasteiger partial charge in [-0.05, 0) is 26.1 Å². The van der Waals surface area contributed by atoms with Gasteiger partial charge in [0.25, 0.3) is 0 Å². The van der Waals surface area contributed by atoms with Gasteiger partial charge in [0.05, 0.1) is 6.61 Å². The molecule has 80 valence electrons. The Bertz CT molecular complexity index is 566. The summed E-state index contributed by atoms with van der Waals surface area (Å²) in [6.45, 7) is 3.96. The predicted octanol–water partition coefficient (Wildman–Crippen LogP) is 1.94. The van der Waals surface area contributed by atoms with Gasteiger partial charge in [-0.1, -0.05) is 11.3 Å². The third-order valence-corrected chi connectivity index (χ3v) is 3.36. The molecule has 15 heavy (non-hydrogen) atoms. The van der Waals surface area contributed by atoms with Gasteiger partial charge in [-0.3, -0.25) is 9.50 Å². The zero-order valence-corrected chi connectivity index (χ0v) is 9.87. The standard InChI is InChI=1S/C8H9N3O2S2/c1-3-13-6(12)5-4(2)11-7(14)9-10-8(11)15-5/h3H2,1-2H3,(H,9,14). The number of aromatic amines is 1. The molecule has 2 aromatic rings. The number of hydrogen-bond donors (Lipinski definition) is 1. The first kappa shape index (κ1) is 10.3. The molecule has 5 nitrogen and oxygen atoms in total. The molecule has 0 saturated carbocycles. The summed E-state index contributed by atoms with van der Waals surface area (Å²) in [4.78, 5) is 12.8. The highest BCUT2D eigenvalue weighted by atomic mass is 32.1. The second-order valence-corrected chi connectivity index (χ2v) is 4.25. The van der Waals surface area contributed by atoms with E-state index >= 15 is 0 Å². The lowest BCUT2D eigenvalue weighted by Gasteiger charge is -1.98. The van der Waals surface area contributed by atoms with E-state index in [0.717, 1.165) is 5.69 Å². The molecule has 0 aliphatic rings. The Labute approximate surface area is 94.7 Å². The number of ether oxygens (including phenoxy) is 1. The van der Waals surface area contributed by atoms with Crippen LogP contribution in [0.15, 0.2) is 0 Å². The van der Waals surface area contributed by atoms with Crippen LogP contribution in [0.5, 0.6) is 0 Å². The Morgan fingerprint density at radius 3 is 3.07 bits per heavy atom. The predicted molar refractivity (Wildman–Crippen MR) is 58.9 cm³/mol. The van der Waals surface area contributed by atoms with Crippen molar-refractivity contribution in [3.63, 3.8) is 0 Å². The average molecular weight is 243 g/mol. The minimum Gasteiger partial charge on any atom is -0.462 e. The van der Waals surface area contributed by atoms with Crippen LogP contribution in [-0.2, 0) is 4.74 Å². The van der Waals surface area contributed by atoms with Crippen LogP contribution in [0.25, 0.3) is 4.96 Å². The fourth-order valence-electron chi connectivity index (χ4n) is 1.30. The highest BCUT2D eigenvalue weighted by Crippen LogP contribution is 2.22. The number of H-pyrrole nitrogens is 1. The number of carbonyl (C=O) groups is 1. The Morgan fingerprint density at radius 1 is 1.73 bits per heavy atom. The van der Waals surface area contributed by atoms with Gasteiger partial charge in [0.1, 0.15) is 4.88 Å². The molecule has 1 N–H and O–H groups in total. The molecule has 0 fully saturated rings. The summed E-state index contributed by atoms with van der Waals surface area (Å²) in [6, 6.07) is 0. The van der Waals surface area contributed by atoms with Crippen LogP contribution >= 0.6 is 23.6 Å². The van der Waals surface area contributed by atoms with Gasteiger partial charge in [0.15, 0.2) is 0 Å². The molecule has 0 unspecified atom stereocenters. The van der Waals surface area contributed by atoms with Crippen molar-refractivity contribution < 1.29 is 9.53 Å². The summed E-state index contributed by atoms with van der Waals surface area (Å²) in [6.07, 6.45) is 0. The number of aromatic nitrogens is 3. The fourth-order valence-corrected chi connectivity index (χ4v) is 2.60. The average Bonchev–Trinajstić information content (AvgIpc) is 2.70. The van der Waals surface area contributed by atoms with E-state index in [1.54, 1.807) is 11.3 Å². The van der Waals surface area contributed by atoms with Crippen molar-refractivity contribution in [2.45, 2.75) is 13.8 Å². The summed E-state index contributed by atoms with van der Waals surface area (Å²) in [7, 11) is 0. The molecule has 2 aromatic heterocycles. The number of fused-ring (bicyclic) bond motifs is 1. The van der Waals surface area contributed by atoms with Crippen LogP contribution < -0.4 is 0 Å². The molecule has 0 amide bonds. The SMILES string of the molecule is CCOC(=O)c1sc2n[nH]c(=S)n2c1C. The summed E-state index contributed by atoms with van der Waals surface area (Å²) >= 11 is 6.31. The van der Waals surface area contributed by atoms with Crippen LogP contribution in [0.2, 0.25) is 0 Å². The highest BCUT2D eigenvalue weighted by Gasteiger charge is 2.17. The van der Waals surface area contributed by atoms with E-state index in [0.29, 0.717) is 21.2 Å². The molecular formula is C8H9N3O2S2. The Kier molecular flexibility index (Phi) is 2.57. The van der Waals surface area contributed by atoms with Gasteiger partial charge in [-0.15, -0.1) is 5.10 Å². The van der Waals surface area contributed by atoms with Gasteiger partial charge in [-0.25, -0.2) is 4.79 Å². The van der Waals surface area contributed by atoms with Gasteiger partial charge < -0.3 is 4.74 Å². The Morgan fingerprint density at radius 2 is 2.47 bits per heavy atom. The van der Waals surface area contributed by atoms with E-state index in [1.165, 1.54) is 11.3 Å². The molecule has 0 aliphatic heterocycles. The Hall–Kier alpha value is -1.21. The summed E-state index contributed by atoms with van der Waals surface area (Å²) in [5, 5.41) is 6.67. The quantitative estimate of drug-likeness (QED) is 0.647. The normalized spacial score (nSPS) is 10.8. The first-order valence-electron chi connectivity index (χ1n) is 4.38. The number of nitrogens with one attached hydrogen (secondary N) is 1. The molecule has 0 aliphatic carbocycles. The second kappa shape index (κ2) is 3.74. The molecular weight excluding hydrogens is 234 g/mol. The van der Waals surface area contributed by atoms with Crippen molar-refractivity contribution in [1.82, 2.24) is 14.6 Å². The van der Waals surface area contributed by atoms with Gasteiger partial charge >= 0.3 is 5.97 Å². The number of esters is 1. The van der Waals surface area contributed by atoms with E-state index < -0.39 is 0 Å². The lowest BCUT2D eigenvalue weighted by molar-refractivity contribution is 0.0531. The molecule has 0 aromatic carbocycles. The molecule has 2 rings (SSSR count). The van der Waals surface area contributed by atoms with E-state index in [2.05, 4.69) is 10.2 Å². The topological polar surface area (TPSA) is 59.4 Å². The minimum absolute atomic E-state index is 0.320. The van der Waals surface area contributed by atoms with E-state index in [4.69, 9.17) is 17.0 Å². The van der Waals surface area contributed by atoms with Crippen molar-refractivity contribution in [2.24, 2.45) is 0 Å². The third kappa shape index (κ3) is 1.57. The van der Waals surface area contributed by atoms with E-state index in [9.17, 15) is 4.79 Å². The molecule has 0 spiro atoms. The minimum atomic E-state index is -0.320. The maximum absolute atomic E-state index is 11.5. The number of rotatable bonds is 2. The third-order valence-electron chi connectivity index (χ3n) is 1.96. The van der Waals surface area contributed by atoms with Crippen molar-refractivity contribution in [3.05, 3.63) is 15.3 Å². The van der Waals surface area contributed by atoms with E-state index in [-0.39, 0.29) is 5.97 Å². The van der Waals surface area contributed by atoms with Gasteiger partial charge in [0.2, 0.25) is 9.73 Å². The smallest absolute Gasteiger partial charge is 0.350 e. The zero-order chi connectivity index (χ0) is 11.0. The maximum atomic E-state index is 11.5. The summed E-state index contributed by atoms with van der Waals surface area (Å²) in [5.74, 6) is -0.320. The fraction of sp³-hybridized carbons (Fsp3) is 0.375. The maximum Gasteiger partial charge on any atom is 0.350 e. The van der Waals surface area contributed by atoms with Gasteiger partial charge in [0, 0.05) is 5.69 Å². The lowest BCUT2D eigenvalue weighted by Crippen LogP contribution is -2.04. The van der Waals surface area contributed by atoms with E-state index in [1.807, 2.05) is 6.92 Å². The molecule has 2 heterocycles. The van der Waals surface area contributed by atoms with Crippen LogP contribution in [0, 0.1) is 11.7 Å². The highest BCUT2D eigenvalue weighted by molar-refractivity contribution is 7.71. The monoisotopic (exact) mass is 243 g/mol. The zero-order valence-electron chi connectivity index (χ0n) is 8.23. The molecule has 0 bridgehead atoms. The van der Waals surface area contributed by atoms with Gasteiger partial charge in [-0.2, -0.15) is 0 Å². The molecule has 7 heteroatoms. The molecule has 0 radical (unpaired) electrons. The Balaban J connectivity index is 2.58. The van der Waals surface area contributed by atoms with Crippen LogP contribution in [0.1, 0.15) is 22.3 Å². The number of hydrogen-bond acceptors (Lipinski definition) is 5. The van der Waals surface area contributed by atoms with Crippen molar-refractivity contribution in [1.29, 1.82) is 0 Å². The van der Waals surface area contributed by atoms with Crippen molar-refractivity contribution in [2.75, 3.05) is 6.61 Å². The van der Waals surface area contributed by atoms with Crippen LogP contribution in [-0.4, -0.2) is 27.2 Å². The van der Waals surface area contributed by atoms with Crippen molar-refractivity contribution >= 4 is 34.5 Å². The number of nitrogens with zero attached hydrogens (tertiary/aromatic N) is 2. The molecule has 0 saturated heterocycles. The van der Waals surface area contributed by atoms with Crippen LogP contribution in [0.3, 0.4) is 0 Å². The number of carbonyl (C=O) groups excluding carboxylic acids is 1. The first-order chi connectivity index (χ1) is 7.15. The first-order valence-corrected chi connectivity index (χ1v) is 5.61. The largest absolute Gasteiger partial charge is 0.462 e. The van der Waals surface area contributed by atoms with Crippen LogP contribution in [0.4, 0.5) is 0 Å². The summed E-state index contributed by atoms with van der Waals surface area (Å²) in [5.41, 5.74) is 0.771. The second-order valence-electron chi connectivity index (χ2n) is 2.88. The number of thiazole rings is 1. The summed E-state index contributed by atoms with van der Waals surface area (Å²) < 4.78 is 7.16. The number of aryl methyl sites for hydroxylation is 1. The molecule has 0 atom stereocenters. The lowest BCUT2D eigenvalue weighted by atomic mass is 10.4. The van der Waals surface area contributed by atoms with Crippen molar-refractivity contribution in [3.8, 4) is 0 Å².